The Morgan fingerprint density at radius 3 is 1.88 bits per heavy atom. The number of halogens is 12. The molecule has 1 amide bonds. The van der Waals surface area contributed by atoms with Crippen LogP contribution in [0.4, 0.5) is 45.3 Å². The molecular weight excluding hydrogens is 548 g/mol. The number of benzene rings is 1. The summed E-state index contributed by atoms with van der Waals surface area (Å²) in [4.78, 5) is 10.2. The van der Waals surface area contributed by atoms with Gasteiger partial charge in [0.05, 0.1) is 26.2 Å². The van der Waals surface area contributed by atoms with E-state index in [9.17, 15) is 49.6 Å². The van der Waals surface area contributed by atoms with Crippen molar-refractivity contribution in [2.24, 2.45) is 0 Å². The average molecular weight is 551 g/mol. The van der Waals surface area contributed by atoms with E-state index in [0.717, 1.165) is 5.32 Å². The van der Waals surface area contributed by atoms with Crippen LogP contribution in [0.5, 0.6) is 0 Å². The summed E-state index contributed by atoms with van der Waals surface area (Å²) in [7, 11) is 0. The Bertz CT molecular complexity index is 1090. The summed E-state index contributed by atoms with van der Waals surface area (Å²) < 4.78 is 116. The molecule has 0 spiro atoms. The van der Waals surface area contributed by atoms with Crippen LogP contribution in [-0.4, -0.2) is 22.2 Å². The van der Waals surface area contributed by atoms with Gasteiger partial charge in [0.25, 0.3) is 0 Å². The first-order chi connectivity index (χ1) is 14.4. The van der Waals surface area contributed by atoms with E-state index >= 15 is 0 Å². The predicted molar refractivity (Wildman–Crippen MR) is 97.1 cm³/mol. The fourth-order valence-corrected chi connectivity index (χ4v) is 4.01. The zero-order chi connectivity index (χ0) is 24.8. The molecule has 0 radical (unpaired) electrons. The quantitative estimate of drug-likeness (QED) is 0.319. The highest BCUT2D eigenvalue weighted by atomic mass is 35.5. The van der Waals surface area contributed by atoms with Gasteiger partial charge in [-0.2, -0.15) is 44.8 Å². The topological polar surface area (TPSA) is 57.8 Å². The standard InChI is InChI=1S/C15H3Cl3F9N3OS/c16-6-1-4(13(19,20)21)2-7(17)8(6)30-10(18)5(3-28)9(32-15(25,26)27)11(30)29-12(31)14(22,23)24/h1-2H,(H,29,31). The third kappa shape index (κ3) is 5.51. The van der Waals surface area contributed by atoms with E-state index < -0.39 is 78.3 Å². The molecule has 0 atom stereocenters. The molecule has 0 aliphatic carbocycles. The average Bonchev–Trinajstić information content (AvgIpc) is 2.82. The van der Waals surface area contributed by atoms with E-state index in [1.807, 2.05) is 0 Å². The molecule has 4 nitrogen and oxygen atoms in total. The fourth-order valence-electron chi connectivity index (χ4n) is 2.28. The molecule has 0 aliphatic rings. The monoisotopic (exact) mass is 549 g/mol. The molecule has 0 bridgehead atoms. The Balaban J connectivity index is 2.92. The van der Waals surface area contributed by atoms with E-state index in [1.165, 1.54) is 6.07 Å². The minimum atomic E-state index is -5.59. The smallest absolute Gasteiger partial charge is 0.303 e. The number of hydrogen-bond donors (Lipinski definition) is 1. The molecule has 1 aromatic heterocycles. The first-order valence-corrected chi connectivity index (χ1v) is 9.38. The number of nitrogens with one attached hydrogen (secondary N) is 1. The molecule has 2 aromatic rings. The summed E-state index contributed by atoms with van der Waals surface area (Å²) in [6, 6.07) is 1.78. The number of anilines is 1. The van der Waals surface area contributed by atoms with Gasteiger partial charge in [-0.1, -0.05) is 34.8 Å². The molecule has 0 saturated heterocycles. The number of rotatable bonds is 3. The van der Waals surface area contributed by atoms with Crippen molar-refractivity contribution in [3.8, 4) is 11.8 Å². The maximum absolute atomic E-state index is 13.0. The van der Waals surface area contributed by atoms with Crippen LogP contribution in [0.2, 0.25) is 15.2 Å². The van der Waals surface area contributed by atoms with Crippen LogP contribution < -0.4 is 5.32 Å². The van der Waals surface area contributed by atoms with Gasteiger partial charge in [0.1, 0.15) is 22.6 Å². The van der Waals surface area contributed by atoms with Gasteiger partial charge in [-0.3, -0.25) is 9.36 Å². The molecule has 32 heavy (non-hydrogen) atoms. The lowest BCUT2D eigenvalue weighted by Crippen LogP contribution is -2.31. The van der Waals surface area contributed by atoms with Crippen LogP contribution >= 0.6 is 46.6 Å². The predicted octanol–water partition coefficient (Wildman–Crippen LogP) is 7.44. The summed E-state index contributed by atoms with van der Waals surface area (Å²) in [5.74, 6) is -4.10. The highest BCUT2D eigenvalue weighted by Gasteiger charge is 2.42. The number of nitriles is 1. The maximum atomic E-state index is 13.0. The summed E-state index contributed by atoms with van der Waals surface area (Å²) in [6.07, 6.45) is -10.6. The molecule has 0 fully saturated rings. The van der Waals surface area contributed by atoms with Crippen molar-refractivity contribution in [2.75, 3.05) is 5.32 Å². The van der Waals surface area contributed by atoms with Gasteiger partial charge in [-0.15, -0.1) is 0 Å². The number of hydrogen-bond acceptors (Lipinski definition) is 3. The van der Waals surface area contributed by atoms with Crippen LogP contribution in [0.25, 0.3) is 5.69 Å². The molecule has 17 heteroatoms. The summed E-state index contributed by atoms with van der Waals surface area (Å²) in [5, 5.41) is 7.51. The Morgan fingerprint density at radius 2 is 1.50 bits per heavy atom. The second-order valence-corrected chi connectivity index (χ2v) is 7.82. The zero-order valence-electron chi connectivity index (χ0n) is 14.4. The van der Waals surface area contributed by atoms with Crippen molar-refractivity contribution in [3.63, 3.8) is 0 Å². The highest BCUT2D eigenvalue weighted by molar-refractivity contribution is 8.00. The molecular formula is C15H3Cl3F9N3OS. The molecule has 2 rings (SSSR count). The lowest BCUT2D eigenvalue weighted by atomic mass is 10.2. The molecule has 0 saturated carbocycles. The van der Waals surface area contributed by atoms with E-state index in [-0.39, 0.29) is 16.7 Å². The fraction of sp³-hybridized carbons (Fsp3) is 0.200. The van der Waals surface area contributed by atoms with Crippen molar-refractivity contribution < 1.29 is 44.3 Å². The van der Waals surface area contributed by atoms with E-state index in [4.69, 9.17) is 34.8 Å². The van der Waals surface area contributed by atoms with Crippen molar-refractivity contribution in [2.45, 2.75) is 22.8 Å². The van der Waals surface area contributed by atoms with Crippen molar-refractivity contribution in [3.05, 3.63) is 38.5 Å². The minimum absolute atomic E-state index is 0.211. The SMILES string of the molecule is N#Cc1c(SC(F)(F)F)c(NC(=O)C(F)(F)F)n(-c2c(Cl)cc(C(F)(F)F)cc2Cl)c1Cl. The van der Waals surface area contributed by atoms with Crippen molar-refractivity contribution >= 4 is 58.3 Å². The number of nitrogens with zero attached hydrogens (tertiary/aromatic N) is 2. The van der Waals surface area contributed by atoms with Crippen molar-refractivity contribution in [1.29, 1.82) is 5.26 Å². The number of aromatic nitrogens is 1. The Hall–Kier alpha value is -1.95. The summed E-state index contributed by atoms with van der Waals surface area (Å²) in [5.41, 5.74) is -8.43. The van der Waals surface area contributed by atoms with E-state index in [2.05, 4.69) is 0 Å². The number of alkyl halides is 9. The van der Waals surface area contributed by atoms with Crippen molar-refractivity contribution in [1.82, 2.24) is 4.57 Å². The van der Waals surface area contributed by atoms with Gasteiger partial charge in [0, 0.05) is 0 Å². The van der Waals surface area contributed by atoms with E-state index in [0.29, 0.717) is 0 Å². The van der Waals surface area contributed by atoms with Gasteiger partial charge in [-0.05, 0) is 23.9 Å². The van der Waals surface area contributed by atoms with Gasteiger partial charge >= 0.3 is 23.8 Å². The highest BCUT2D eigenvalue weighted by Crippen LogP contribution is 2.49. The lowest BCUT2D eigenvalue weighted by molar-refractivity contribution is -0.167. The van der Waals surface area contributed by atoms with Gasteiger partial charge < -0.3 is 5.32 Å². The normalized spacial score (nSPS) is 12.6. The number of thioether (sulfide) groups is 1. The first-order valence-electron chi connectivity index (χ1n) is 7.43. The van der Waals surface area contributed by atoms with Gasteiger partial charge in [-0.25, -0.2) is 0 Å². The molecule has 1 N–H and O–H groups in total. The van der Waals surface area contributed by atoms with E-state index in [1.54, 1.807) is 0 Å². The van der Waals surface area contributed by atoms with Crippen LogP contribution in [0.3, 0.4) is 0 Å². The first kappa shape index (κ1) is 26.3. The third-order valence-electron chi connectivity index (χ3n) is 3.46. The molecule has 174 valence electrons. The Kier molecular flexibility index (Phi) is 7.21. The lowest BCUT2D eigenvalue weighted by Gasteiger charge is -2.18. The van der Waals surface area contributed by atoms with Crippen LogP contribution in [0.15, 0.2) is 17.0 Å². The Labute approximate surface area is 190 Å². The number of amides is 1. The largest absolute Gasteiger partial charge is 0.471 e. The summed E-state index contributed by atoms with van der Waals surface area (Å²) >= 11 is 16.3. The third-order valence-corrected chi connectivity index (χ3v) is 5.22. The zero-order valence-corrected chi connectivity index (χ0v) is 17.5. The molecule has 0 unspecified atom stereocenters. The summed E-state index contributed by atoms with van der Waals surface area (Å²) in [6.45, 7) is 0. The van der Waals surface area contributed by atoms with Crippen LogP contribution in [-0.2, 0) is 11.0 Å². The Morgan fingerprint density at radius 1 is 1.00 bits per heavy atom. The maximum Gasteiger partial charge on any atom is 0.471 e. The number of carbonyl (C=O) groups excluding carboxylic acids is 1. The molecule has 1 heterocycles. The molecule has 0 aliphatic heterocycles. The second-order valence-electron chi connectivity index (χ2n) is 5.58. The minimum Gasteiger partial charge on any atom is -0.303 e. The van der Waals surface area contributed by atoms with Gasteiger partial charge in [0.15, 0.2) is 0 Å². The number of carbonyl (C=O) groups is 1. The molecule has 1 aromatic carbocycles. The second kappa shape index (κ2) is 8.77. The van der Waals surface area contributed by atoms with Gasteiger partial charge in [0.2, 0.25) is 0 Å². The van der Waals surface area contributed by atoms with Crippen LogP contribution in [0, 0.1) is 11.3 Å². The van der Waals surface area contributed by atoms with Crippen LogP contribution in [0.1, 0.15) is 11.1 Å².